The van der Waals surface area contributed by atoms with E-state index in [0.29, 0.717) is 5.92 Å². The van der Waals surface area contributed by atoms with Crippen LogP contribution in [0, 0.1) is 11.8 Å². The zero-order valence-electron chi connectivity index (χ0n) is 12.3. The Hall–Kier alpha value is -0.0400. The maximum Gasteiger partial charge on any atom is 0.0675 e. The molecule has 0 bridgehead atoms. The molecule has 1 N–H and O–H groups in total. The average molecular weight is 252 g/mol. The minimum absolute atomic E-state index is 0.299. The van der Waals surface area contributed by atoms with E-state index in [1.807, 2.05) is 0 Å². The van der Waals surface area contributed by atoms with Gasteiger partial charge in [-0.05, 0) is 43.9 Å². The number of hydrogen-bond acceptors (Lipinski definition) is 1. The third-order valence-electron chi connectivity index (χ3n) is 5.52. The second-order valence-electron chi connectivity index (χ2n) is 6.88. The molecule has 2 saturated carbocycles. The molecule has 1 heteroatoms. The molecule has 2 atom stereocenters. The molecular formula is C17H32O. The van der Waals surface area contributed by atoms with Crippen molar-refractivity contribution in [3.63, 3.8) is 0 Å². The summed E-state index contributed by atoms with van der Waals surface area (Å²) in [5.41, 5.74) is -0.299. The van der Waals surface area contributed by atoms with Crippen molar-refractivity contribution in [3.8, 4) is 0 Å². The van der Waals surface area contributed by atoms with E-state index in [9.17, 15) is 5.11 Å². The fourth-order valence-corrected chi connectivity index (χ4v) is 4.34. The van der Waals surface area contributed by atoms with E-state index in [0.717, 1.165) is 18.8 Å². The van der Waals surface area contributed by atoms with Crippen molar-refractivity contribution in [1.29, 1.82) is 0 Å². The molecule has 2 aliphatic carbocycles. The lowest BCUT2D eigenvalue weighted by atomic mass is 9.77. The van der Waals surface area contributed by atoms with Crippen LogP contribution in [0.5, 0.6) is 0 Å². The van der Waals surface area contributed by atoms with E-state index in [1.54, 1.807) is 0 Å². The predicted molar refractivity (Wildman–Crippen MR) is 77.6 cm³/mol. The van der Waals surface area contributed by atoms with Gasteiger partial charge in [0.1, 0.15) is 0 Å². The van der Waals surface area contributed by atoms with Crippen molar-refractivity contribution in [3.05, 3.63) is 0 Å². The molecule has 2 fully saturated rings. The summed E-state index contributed by atoms with van der Waals surface area (Å²) in [7, 11) is 0. The van der Waals surface area contributed by atoms with Crippen LogP contribution in [0.15, 0.2) is 0 Å². The number of hydrogen-bond donors (Lipinski definition) is 1. The molecule has 0 aromatic heterocycles. The highest BCUT2D eigenvalue weighted by atomic mass is 16.3. The first-order valence-electron chi connectivity index (χ1n) is 8.47. The summed E-state index contributed by atoms with van der Waals surface area (Å²) in [4.78, 5) is 0. The van der Waals surface area contributed by atoms with Crippen LogP contribution in [0.25, 0.3) is 0 Å². The minimum Gasteiger partial charge on any atom is -0.390 e. The van der Waals surface area contributed by atoms with Gasteiger partial charge in [0.05, 0.1) is 5.60 Å². The number of aliphatic hydroxyl groups is 1. The lowest BCUT2D eigenvalue weighted by Crippen LogP contribution is -2.37. The van der Waals surface area contributed by atoms with Gasteiger partial charge >= 0.3 is 0 Å². The van der Waals surface area contributed by atoms with Gasteiger partial charge in [-0.25, -0.2) is 0 Å². The van der Waals surface area contributed by atoms with Crippen LogP contribution in [0.3, 0.4) is 0 Å². The molecular weight excluding hydrogens is 220 g/mol. The molecule has 106 valence electrons. The maximum atomic E-state index is 11.1. The highest BCUT2D eigenvalue weighted by molar-refractivity contribution is 4.90. The maximum absolute atomic E-state index is 11.1. The van der Waals surface area contributed by atoms with Crippen LogP contribution in [0.2, 0.25) is 0 Å². The van der Waals surface area contributed by atoms with Gasteiger partial charge < -0.3 is 5.11 Å². The molecule has 1 nitrogen and oxygen atoms in total. The molecule has 2 rings (SSSR count). The average Bonchev–Trinajstić information content (AvgIpc) is 2.72. The first kappa shape index (κ1) is 14.4. The highest BCUT2D eigenvalue weighted by Gasteiger charge is 2.37. The summed E-state index contributed by atoms with van der Waals surface area (Å²) < 4.78 is 0. The van der Waals surface area contributed by atoms with E-state index in [4.69, 9.17) is 0 Å². The second kappa shape index (κ2) is 6.93. The van der Waals surface area contributed by atoms with Crippen molar-refractivity contribution in [1.82, 2.24) is 0 Å². The Balaban J connectivity index is 1.92. The summed E-state index contributed by atoms with van der Waals surface area (Å²) in [5.74, 6) is 1.51. The summed E-state index contributed by atoms with van der Waals surface area (Å²) in [6, 6.07) is 0. The van der Waals surface area contributed by atoms with Crippen molar-refractivity contribution in [2.75, 3.05) is 0 Å². The Kier molecular flexibility index (Phi) is 5.54. The highest BCUT2D eigenvalue weighted by Crippen LogP contribution is 2.41. The van der Waals surface area contributed by atoms with Crippen molar-refractivity contribution < 1.29 is 5.11 Å². The standard InChI is InChI=1S/C17H32O/c1-2-8-15-9-7-13-17(18,14-12-15)16-10-5-3-4-6-11-16/h15-16,18H,2-14H2,1H3. The molecule has 2 aliphatic rings. The lowest BCUT2D eigenvalue weighted by Gasteiger charge is -2.35. The first-order chi connectivity index (χ1) is 8.74. The first-order valence-corrected chi connectivity index (χ1v) is 8.47. The normalized spacial score (nSPS) is 36.0. The van der Waals surface area contributed by atoms with Crippen molar-refractivity contribution >= 4 is 0 Å². The van der Waals surface area contributed by atoms with E-state index in [-0.39, 0.29) is 5.60 Å². The SMILES string of the molecule is CCCC1CCCC(O)(C2CCCCCC2)CC1. The third-order valence-corrected chi connectivity index (χ3v) is 5.52. The number of rotatable bonds is 3. The molecule has 0 aromatic rings. The quantitative estimate of drug-likeness (QED) is 0.695. The van der Waals surface area contributed by atoms with Gasteiger partial charge in [0, 0.05) is 0 Å². The fourth-order valence-electron chi connectivity index (χ4n) is 4.34. The van der Waals surface area contributed by atoms with Crippen LogP contribution in [0.4, 0.5) is 0 Å². The monoisotopic (exact) mass is 252 g/mol. The Morgan fingerprint density at radius 1 is 0.889 bits per heavy atom. The molecule has 2 unspecified atom stereocenters. The topological polar surface area (TPSA) is 20.2 Å². The van der Waals surface area contributed by atoms with Crippen LogP contribution < -0.4 is 0 Å². The van der Waals surface area contributed by atoms with Gasteiger partial charge in [-0.15, -0.1) is 0 Å². The Bertz CT molecular complexity index is 230. The van der Waals surface area contributed by atoms with E-state index < -0.39 is 0 Å². The predicted octanol–water partition coefficient (Wildman–Crippen LogP) is 5.07. The molecule has 0 spiro atoms. The van der Waals surface area contributed by atoms with Gasteiger partial charge in [-0.2, -0.15) is 0 Å². The minimum atomic E-state index is -0.299. The Morgan fingerprint density at radius 3 is 2.28 bits per heavy atom. The smallest absolute Gasteiger partial charge is 0.0675 e. The van der Waals surface area contributed by atoms with Gasteiger partial charge in [0.15, 0.2) is 0 Å². The van der Waals surface area contributed by atoms with Crippen LogP contribution in [0.1, 0.15) is 90.4 Å². The zero-order chi connectivity index (χ0) is 12.8. The van der Waals surface area contributed by atoms with Gasteiger partial charge in [0.2, 0.25) is 0 Å². The molecule has 0 amide bonds. The third kappa shape index (κ3) is 3.73. The molecule has 18 heavy (non-hydrogen) atoms. The summed E-state index contributed by atoms with van der Waals surface area (Å²) in [6.07, 6.45) is 16.8. The molecule has 0 radical (unpaired) electrons. The summed E-state index contributed by atoms with van der Waals surface area (Å²) >= 11 is 0. The van der Waals surface area contributed by atoms with Crippen LogP contribution in [-0.2, 0) is 0 Å². The van der Waals surface area contributed by atoms with Gasteiger partial charge in [-0.3, -0.25) is 0 Å². The second-order valence-corrected chi connectivity index (χ2v) is 6.88. The molecule has 0 heterocycles. The van der Waals surface area contributed by atoms with Crippen LogP contribution in [-0.4, -0.2) is 10.7 Å². The summed E-state index contributed by atoms with van der Waals surface area (Å²) in [6.45, 7) is 2.29. The van der Waals surface area contributed by atoms with Gasteiger partial charge in [0.25, 0.3) is 0 Å². The fraction of sp³-hybridized carbons (Fsp3) is 1.00. The molecule has 0 aromatic carbocycles. The molecule has 0 saturated heterocycles. The van der Waals surface area contributed by atoms with Gasteiger partial charge in [-0.1, -0.05) is 58.3 Å². The largest absolute Gasteiger partial charge is 0.390 e. The summed E-state index contributed by atoms with van der Waals surface area (Å²) in [5, 5.41) is 11.1. The van der Waals surface area contributed by atoms with Crippen molar-refractivity contribution in [2.45, 2.75) is 96.0 Å². The Labute approximate surface area is 113 Å². The van der Waals surface area contributed by atoms with E-state index >= 15 is 0 Å². The van der Waals surface area contributed by atoms with E-state index in [1.165, 1.54) is 70.6 Å². The van der Waals surface area contributed by atoms with Crippen LogP contribution >= 0.6 is 0 Å². The Morgan fingerprint density at radius 2 is 1.61 bits per heavy atom. The molecule has 0 aliphatic heterocycles. The van der Waals surface area contributed by atoms with E-state index in [2.05, 4.69) is 6.92 Å². The lowest BCUT2D eigenvalue weighted by molar-refractivity contribution is -0.0385. The zero-order valence-corrected chi connectivity index (χ0v) is 12.3. The van der Waals surface area contributed by atoms with Crippen molar-refractivity contribution in [2.24, 2.45) is 11.8 Å².